The zero-order chi connectivity index (χ0) is 18.4. The Kier molecular flexibility index (Phi) is 5.67. The van der Waals surface area contributed by atoms with E-state index in [-0.39, 0.29) is 11.4 Å². The number of amides is 3. The van der Waals surface area contributed by atoms with Gasteiger partial charge in [-0.05, 0) is 49.2 Å². The molecule has 0 fully saturated rings. The van der Waals surface area contributed by atoms with Gasteiger partial charge in [0.15, 0.2) is 6.61 Å². The molecule has 0 unspecified atom stereocenters. The van der Waals surface area contributed by atoms with Gasteiger partial charge in [0.05, 0.1) is 4.92 Å². The molecule has 0 saturated heterocycles. The van der Waals surface area contributed by atoms with Crippen molar-refractivity contribution in [1.29, 1.82) is 0 Å². The molecule has 2 rings (SSSR count). The molecule has 0 spiro atoms. The highest BCUT2D eigenvalue weighted by Gasteiger charge is 2.10. The van der Waals surface area contributed by atoms with E-state index >= 15 is 0 Å². The number of anilines is 1. The van der Waals surface area contributed by atoms with Crippen LogP contribution in [0.15, 0.2) is 42.5 Å². The average Bonchev–Trinajstić information content (AvgIpc) is 2.56. The topological polar surface area (TPSA) is 111 Å². The summed E-state index contributed by atoms with van der Waals surface area (Å²) in [5, 5.41) is 15.2. The molecule has 0 aromatic heterocycles. The molecule has 3 amide bonds. The number of ether oxygens (including phenoxy) is 1. The van der Waals surface area contributed by atoms with E-state index in [4.69, 9.17) is 4.74 Å². The molecule has 0 heterocycles. The normalized spacial score (nSPS) is 10.0. The number of benzene rings is 2. The van der Waals surface area contributed by atoms with Gasteiger partial charge in [-0.15, -0.1) is 0 Å². The molecule has 2 aromatic carbocycles. The number of imide groups is 1. The Morgan fingerprint density at radius 2 is 1.76 bits per heavy atom. The van der Waals surface area contributed by atoms with Gasteiger partial charge in [0.2, 0.25) is 0 Å². The third-order valence-corrected chi connectivity index (χ3v) is 3.44. The van der Waals surface area contributed by atoms with Gasteiger partial charge in [-0.1, -0.05) is 6.07 Å². The Bertz CT molecular complexity index is 802. The summed E-state index contributed by atoms with van der Waals surface area (Å²) in [5.41, 5.74) is 2.61. The fraction of sp³-hybridized carbons (Fsp3) is 0.176. The predicted molar refractivity (Wildman–Crippen MR) is 91.7 cm³/mol. The highest BCUT2D eigenvalue weighted by atomic mass is 16.6. The molecule has 0 aliphatic rings. The Morgan fingerprint density at radius 3 is 2.36 bits per heavy atom. The number of hydrogen-bond donors (Lipinski definition) is 2. The van der Waals surface area contributed by atoms with Crippen molar-refractivity contribution >= 4 is 23.3 Å². The number of hydrogen-bond acceptors (Lipinski definition) is 5. The minimum Gasteiger partial charge on any atom is -0.484 e. The summed E-state index contributed by atoms with van der Waals surface area (Å²) in [6, 6.07) is 10.0. The van der Waals surface area contributed by atoms with Crippen molar-refractivity contribution in [3.63, 3.8) is 0 Å². The second-order valence-corrected chi connectivity index (χ2v) is 5.34. The van der Waals surface area contributed by atoms with Crippen molar-refractivity contribution in [2.24, 2.45) is 0 Å². The van der Waals surface area contributed by atoms with Gasteiger partial charge in [0, 0.05) is 17.8 Å². The summed E-state index contributed by atoms with van der Waals surface area (Å²) in [6.07, 6.45) is 0. The monoisotopic (exact) mass is 343 g/mol. The van der Waals surface area contributed by atoms with Crippen LogP contribution in [0, 0.1) is 24.0 Å². The number of carbonyl (C=O) groups excluding carboxylic acids is 2. The lowest BCUT2D eigenvalue weighted by Gasteiger charge is -2.09. The number of nitro groups is 1. The number of nitrogens with one attached hydrogen (secondary N) is 2. The maximum absolute atomic E-state index is 11.8. The Morgan fingerprint density at radius 1 is 1.08 bits per heavy atom. The van der Waals surface area contributed by atoms with E-state index in [1.54, 1.807) is 12.1 Å². The fourth-order valence-corrected chi connectivity index (χ4v) is 1.96. The first-order chi connectivity index (χ1) is 11.8. The molecule has 8 heteroatoms. The lowest BCUT2D eigenvalue weighted by Crippen LogP contribution is -2.37. The largest absolute Gasteiger partial charge is 0.484 e. The van der Waals surface area contributed by atoms with Gasteiger partial charge in [0.1, 0.15) is 5.75 Å². The molecule has 0 atom stereocenters. The average molecular weight is 343 g/mol. The summed E-state index contributed by atoms with van der Waals surface area (Å²) in [7, 11) is 0. The number of non-ortho nitro benzene ring substituents is 1. The van der Waals surface area contributed by atoms with Crippen LogP contribution in [0.1, 0.15) is 11.1 Å². The van der Waals surface area contributed by atoms with Crippen LogP contribution in [-0.4, -0.2) is 23.5 Å². The molecular weight excluding hydrogens is 326 g/mol. The van der Waals surface area contributed by atoms with Crippen molar-refractivity contribution < 1.29 is 19.2 Å². The van der Waals surface area contributed by atoms with Gasteiger partial charge in [-0.2, -0.15) is 0 Å². The van der Waals surface area contributed by atoms with E-state index < -0.39 is 23.5 Å². The van der Waals surface area contributed by atoms with Crippen LogP contribution >= 0.6 is 0 Å². The maximum Gasteiger partial charge on any atom is 0.325 e. The summed E-state index contributed by atoms with van der Waals surface area (Å²) < 4.78 is 5.17. The second kappa shape index (κ2) is 7.91. The number of rotatable bonds is 5. The molecular formula is C17H17N3O5. The van der Waals surface area contributed by atoms with Crippen LogP contribution < -0.4 is 15.4 Å². The molecule has 2 N–H and O–H groups in total. The van der Waals surface area contributed by atoms with Crippen LogP contribution in [0.5, 0.6) is 5.75 Å². The fourth-order valence-electron chi connectivity index (χ4n) is 1.96. The van der Waals surface area contributed by atoms with Gasteiger partial charge >= 0.3 is 6.03 Å². The quantitative estimate of drug-likeness (QED) is 0.640. The molecule has 25 heavy (non-hydrogen) atoms. The second-order valence-electron chi connectivity index (χ2n) is 5.34. The highest BCUT2D eigenvalue weighted by molar-refractivity contribution is 6.01. The number of aryl methyl sites for hydroxylation is 2. The number of nitrogens with zero attached hydrogens (tertiary/aromatic N) is 1. The summed E-state index contributed by atoms with van der Waals surface area (Å²) in [5.74, 6) is -0.352. The third-order valence-electron chi connectivity index (χ3n) is 3.44. The van der Waals surface area contributed by atoms with Crippen LogP contribution in [0.3, 0.4) is 0 Å². The zero-order valence-corrected chi connectivity index (χ0v) is 13.7. The van der Waals surface area contributed by atoms with Crippen LogP contribution in [-0.2, 0) is 4.79 Å². The maximum atomic E-state index is 11.8. The minimum atomic E-state index is -0.666. The van der Waals surface area contributed by atoms with Gasteiger partial charge in [-0.25, -0.2) is 4.79 Å². The summed E-state index contributed by atoms with van der Waals surface area (Å²) in [4.78, 5) is 33.5. The lowest BCUT2D eigenvalue weighted by molar-refractivity contribution is -0.384. The molecule has 0 saturated carbocycles. The number of urea groups is 1. The van der Waals surface area contributed by atoms with E-state index in [0.717, 1.165) is 11.1 Å². The van der Waals surface area contributed by atoms with Gasteiger partial charge < -0.3 is 10.1 Å². The van der Waals surface area contributed by atoms with E-state index in [0.29, 0.717) is 5.69 Å². The standard InChI is InChI=1S/C17H17N3O5/c1-11-3-4-13(9-12(11)2)18-17(22)19-16(21)10-25-15-7-5-14(6-8-15)20(23)24/h3-9H,10H2,1-2H3,(H2,18,19,21,22). The molecule has 0 aliphatic heterocycles. The number of carbonyl (C=O) groups is 2. The smallest absolute Gasteiger partial charge is 0.325 e. The van der Waals surface area contributed by atoms with Crippen LogP contribution in [0.2, 0.25) is 0 Å². The van der Waals surface area contributed by atoms with Gasteiger partial charge in [0.25, 0.3) is 11.6 Å². The Hall–Kier alpha value is -3.42. The first kappa shape index (κ1) is 17.9. The van der Waals surface area contributed by atoms with E-state index in [1.807, 2.05) is 19.9 Å². The lowest BCUT2D eigenvalue weighted by atomic mass is 10.1. The van der Waals surface area contributed by atoms with Crippen LogP contribution in [0.25, 0.3) is 0 Å². The van der Waals surface area contributed by atoms with Crippen LogP contribution in [0.4, 0.5) is 16.2 Å². The highest BCUT2D eigenvalue weighted by Crippen LogP contribution is 2.17. The van der Waals surface area contributed by atoms with E-state index in [1.165, 1.54) is 24.3 Å². The Balaban J connectivity index is 1.81. The molecule has 0 bridgehead atoms. The minimum absolute atomic E-state index is 0.0791. The first-order valence-corrected chi connectivity index (χ1v) is 7.40. The molecule has 0 aliphatic carbocycles. The van der Waals surface area contributed by atoms with Crippen molar-refractivity contribution in [1.82, 2.24) is 5.32 Å². The number of nitro benzene ring substituents is 1. The van der Waals surface area contributed by atoms with Crippen molar-refractivity contribution in [2.75, 3.05) is 11.9 Å². The molecule has 130 valence electrons. The van der Waals surface area contributed by atoms with E-state index in [2.05, 4.69) is 10.6 Å². The van der Waals surface area contributed by atoms with Gasteiger partial charge in [-0.3, -0.25) is 20.2 Å². The molecule has 8 nitrogen and oxygen atoms in total. The first-order valence-electron chi connectivity index (χ1n) is 7.40. The van der Waals surface area contributed by atoms with Crippen molar-refractivity contribution in [3.8, 4) is 5.75 Å². The Labute approximate surface area is 144 Å². The predicted octanol–water partition coefficient (Wildman–Crippen LogP) is 2.94. The van der Waals surface area contributed by atoms with Crippen molar-refractivity contribution in [3.05, 3.63) is 63.7 Å². The zero-order valence-electron chi connectivity index (χ0n) is 13.7. The molecule has 0 radical (unpaired) electrons. The third kappa shape index (κ3) is 5.31. The molecule has 2 aromatic rings. The van der Waals surface area contributed by atoms with Crippen molar-refractivity contribution in [2.45, 2.75) is 13.8 Å². The summed E-state index contributed by atoms with van der Waals surface area (Å²) >= 11 is 0. The SMILES string of the molecule is Cc1ccc(NC(=O)NC(=O)COc2ccc([N+](=O)[O-])cc2)cc1C. The summed E-state index contributed by atoms with van der Waals surface area (Å²) in [6.45, 7) is 3.48. The van der Waals surface area contributed by atoms with E-state index in [9.17, 15) is 19.7 Å².